The van der Waals surface area contributed by atoms with Gasteiger partial charge in [-0.2, -0.15) is 0 Å². The smallest absolute Gasteiger partial charge is 0.256 e. The van der Waals surface area contributed by atoms with E-state index in [1.165, 1.54) is 24.4 Å². The number of aromatic nitrogens is 2. The molecule has 0 bridgehead atoms. The molecule has 18 heavy (non-hydrogen) atoms. The zero-order chi connectivity index (χ0) is 13.1. The van der Waals surface area contributed by atoms with Gasteiger partial charge in [-0.25, -0.2) is 14.4 Å². The van der Waals surface area contributed by atoms with Crippen LogP contribution < -0.4 is 5.32 Å². The Morgan fingerprint density at radius 1 is 1.33 bits per heavy atom. The molecule has 4 nitrogen and oxygen atoms in total. The van der Waals surface area contributed by atoms with Crippen molar-refractivity contribution in [2.24, 2.45) is 0 Å². The third-order valence-corrected chi connectivity index (χ3v) is 2.95. The fourth-order valence-corrected chi connectivity index (χ4v) is 2.15. The van der Waals surface area contributed by atoms with Crippen molar-refractivity contribution in [1.29, 1.82) is 0 Å². The average Bonchev–Trinajstić information content (AvgIpc) is 2.32. The van der Waals surface area contributed by atoms with Crippen LogP contribution in [0.25, 0.3) is 0 Å². The van der Waals surface area contributed by atoms with Crippen LogP contribution in [0.5, 0.6) is 0 Å². The van der Waals surface area contributed by atoms with Gasteiger partial charge in [-0.1, -0.05) is 6.07 Å². The molecule has 0 aliphatic heterocycles. The Bertz CT molecular complexity index is 607. The number of anilines is 1. The molecule has 2 rings (SSSR count). The summed E-state index contributed by atoms with van der Waals surface area (Å²) in [6, 6.07) is 5.40. The van der Waals surface area contributed by atoms with Crippen molar-refractivity contribution in [1.82, 2.24) is 9.97 Å². The van der Waals surface area contributed by atoms with Crippen molar-refractivity contribution in [3.8, 4) is 0 Å². The number of rotatable bonds is 2. The first-order valence-corrected chi connectivity index (χ1v) is 6.40. The van der Waals surface area contributed by atoms with Crippen LogP contribution in [-0.4, -0.2) is 15.9 Å². The van der Waals surface area contributed by atoms with Gasteiger partial charge < -0.3 is 5.32 Å². The highest BCUT2D eigenvalue weighted by molar-refractivity contribution is 9.11. The first kappa shape index (κ1) is 13.1. The molecule has 0 atom stereocenters. The molecule has 0 unspecified atom stereocenters. The minimum atomic E-state index is -0.469. The van der Waals surface area contributed by atoms with Crippen molar-refractivity contribution >= 4 is 43.6 Å². The van der Waals surface area contributed by atoms with E-state index >= 15 is 0 Å². The largest absolute Gasteiger partial charge is 0.304 e. The minimum Gasteiger partial charge on any atom is -0.304 e. The van der Waals surface area contributed by atoms with Crippen LogP contribution in [-0.2, 0) is 0 Å². The Kier molecular flexibility index (Phi) is 4.03. The number of nitrogens with one attached hydrogen (secondary N) is 1. The molecular formula is C11H6Br2FN3O. The van der Waals surface area contributed by atoms with Gasteiger partial charge in [0.15, 0.2) is 5.82 Å². The quantitative estimate of drug-likeness (QED) is 0.876. The first-order chi connectivity index (χ1) is 8.56. The molecule has 0 saturated heterocycles. The summed E-state index contributed by atoms with van der Waals surface area (Å²) in [5.74, 6) is -0.650. The Labute approximate surface area is 119 Å². The summed E-state index contributed by atoms with van der Waals surface area (Å²) in [6.07, 6.45) is 1.45. The summed E-state index contributed by atoms with van der Waals surface area (Å²) in [6.45, 7) is 0. The van der Waals surface area contributed by atoms with Crippen LogP contribution in [0.2, 0.25) is 0 Å². The van der Waals surface area contributed by atoms with E-state index in [2.05, 4.69) is 47.1 Å². The monoisotopic (exact) mass is 373 g/mol. The molecule has 7 heteroatoms. The lowest BCUT2D eigenvalue weighted by Crippen LogP contribution is -2.14. The number of carbonyl (C=O) groups is 1. The maximum absolute atomic E-state index is 13.0. The van der Waals surface area contributed by atoms with Crippen LogP contribution in [0.4, 0.5) is 10.2 Å². The maximum Gasteiger partial charge on any atom is 0.256 e. The van der Waals surface area contributed by atoms with Gasteiger partial charge >= 0.3 is 0 Å². The van der Waals surface area contributed by atoms with E-state index in [1.807, 2.05) is 0 Å². The summed E-state index contributed by atoms with van der Waals surface area (Å²) >= 11 is 6.32. The Morgan fingerprint density at radius 3 is 2.78 bits per heavy atom. The zero-order valence-corrected chi connectivity index (χ0v) is 12.0. The highest BCUT2D eigenvalue weighted by Crippen LogP contribution is 2.20. The lowest BCUT2D eigenvalue weighted by molar-refractivity contribution is 0.102. The molecule has 0 aliphatic rings. The zero-order valence-electron chi connectivity index (χ0n) is 8.82. The molecule has 1 N–H and O–H groups in total. The van der Waals surface area contributed by atoms with E-state index in [4.69, 9.17) is 0 Å². The SMILES string of the molecule is O=C(Nc1ncc(Br)nc1Br)c1cccc(F)c1. The van der Waals surface area contributed by atoms with E-state index in [0.717, 1.165) is 6.07 Å². The molecular weight excluding hydrogens is 369 g/mol. The first-order valence-electron chi connectivity index (χ1n) is 4.81. The average molecular weight is 375 g/mol. The molecule has 0 saturated carbocycles. The minimum absolute atomic E-state index is 0.214. The van der Waals surface area contributed by atoms with Gasteiger partial charge in [-0.15, -0.1) is 0 Å². The second-order valence-electron chi connectivity index (χ2n) is 3.30. The lowest BCUT2D eigenvalue weighted by Gasteiger charge is -2.05. The fraction of sp³-hybridized carbons (Fsp3) is 0. The number of nitrogens with zero attached hydrogens (tertiary/aromatic N) is 2. The molecule has 0 aliphatic carbocycles. The predicted octanol–water partition coefficient (Wildman–Crippen LogP) is 3.39. The van der Waals surface area contributed by atoms with Crippen LogP contribution >= 0.6 is 31.9 Å². The van der Waals surface area contributed by atoms with Crippen molar-refractivity contribution in [3.05, 3.63) is 51.0 Å². The summed E-state index contributed by atoms with van der Waals surface area (Å²) in [5.41, 5.74) is 0.214. The van der Waals surface area contributed by atoms with E-state index in [1.54, 1.807) is 0 Å². The molecule has 2 aromatic rings. The molecule has 0 radical (unpaired) electrons. The standard InChI is InChI=1S/C11H6Br2FN3O/c12-8-5-15-10(9(13)16-8)17-11(18)6-2-1-3-7(14)4-6/h1-5H,(H,15,17,18). The van der Waals surface area contributed by atoms with Gasteiger partial charge in [-0.05, 0) is 50.1 Å². The number of amides is 1. The fourth-order valence-electron chi connectivity index (χ4n) is 1.24. The van der Waals surface area contributed by atoms with Crippen LogP contribution in [0, 0.1) is 5.82 Å². The summed E-state index contributed by atoms with van der Waals surface area (Å²) in [7, 11) is 0. The molecule has 1 aromatic heterocycles. The van der Waals surface area contributed by atoms with E-state index in [9.17, 15) is 9.18 Å². The Hall–Kier alpha value is -1.34. The topological polar surface area (TPSA) is 54.9 Å². The maximum atomic E-state index is 13.0. The third-order valence-electron chi connectivity index (χ3n) is 2.02. The van der Waals surface area contributed by atoms with Crippen molar-refractivity contribution < 1.29 is 9.18 Å². The predicted molar refractivity (Wildman–Crippen MR) is 71.8 cm³/mol. The van der Waals surface area contributed by atoms with Crippen molar-refractivity contribution in [2.75, 3.05) is 5.32 Å². The second kappa shape index (κ2) is 5.53. The van der Waals surface area contributed by atoms with Gasteiger partial charge in [0.1, 0.15) is 15.0 Å². The van der Waals surface area contributed by atoms with E-state index in [-0.39, 0.29) is 11.4 Å². The van der Waals surface area contributed by atoms with Gasteiger partial charge in [0, 0.05) is 5.56 Å². The van der Waals surface area contributed by atoms with Crippen molar-refractivity contribution in [3.63, 3.8) is 0 Å². The van der Waals surface area contributed by atoms with Gasteiger partial charge in [0.25, 0.3) is 5.91 Å². The van der Waals surface area contributed by atoms with Gasteiger partial charge in [0.2, 0.25) is 0 Å². The number of hydrogen-bond donors (Lipinski definition) is 1. The number of carbonyl (C=O) groups excluding carboxylic acids is 1. The van der Waals surface area contributed by atoms with Crippen LogP contribution in [0.15, 0.2) is 39.7 Å². The molecule has 1 heterocycles. The molecule has 1 aromatic carbocycles. The summed E-state index contributed by atoms with van der Waals surface area (Å²) in [4.78, 5) is 19.8. The number of hydrogen-bond acceptors (Lipinski definition) is 3. The summed E-state index contributed by atoms with van der Waals surface area (Å²) < 4.78 is 13.9. The van der Waals surface area contributed by atoms with Crippen LogP contribution in [0.1, 0.15) is 10.4 Å². The van der Waals surface area contributed by atoms with Crippen LogP contribution in [0.3, 0.4) is 0 Å². The highest BCUT2D eigenvalue weighted by atomic mass is 79.9. The van der Waals surface area contributed by atoms with E-state index < -0.39 is 11.7 Å². The lowest BCUT2D eigenvalue weighted by atomic mass is 10.2. The van der Waals surface area contributed by atoms with E-state index in [0.29, 0.717) is 9.21 Å². The third kappa shape index (κ3) is 3.11. The summed E-state index contributed by atoms with van der Waals surface area (Å²) in [5, 5.41) is 2.53. The number of halogens is 3. The Morgan fingerprint density at radius 2 is 2.11 bits per heavy atom. The van der Waals surface area contributed by atoms with Crippen molar-refractivity contribution in [2.45, 2.75) is 0 Å². The highest BCUT2D eigenvalue weighted by Gasteiger charge is 2.11. The molecule has 92 valence electrons. The molecule has 0 spiro atoms. The van der Waals surface area contributed by atoms with Gasteiger partial charge in [-0.3, -0.25) is 4.79 Å². The second-order valence-corrected chi connectivity index (χ2v) is 4.86. The van der Waals surface area contributed by atoms with Gasteiger partial charge in [0.05, 0.1) is 6.20 Å². The Balaban J connectivity index is 2.21. The normalized spacial score (nSPS) is 10.2. The molecule has 0 fully saturated rings. The number of benzene rings is 1. The molecule has 1 amide bonds.